The van der Waals surface area contributed by atoms with Gasteiger partial charge in [0.1, 0.15) is 5.67 Å². The van der Waals surface area contributed by atoms with Gasteiger partial charge in [0.05, 0.1) is 0 Å². The van der Waals surface area contributed by atoms with Gasteiger partial charge in [-0.15, -0.1) is 0 Å². The van der Waals surface area contributed by atoms with E-state index in [9.17, 15) is 4.39 Å². The number of rotatable bonds is 4. The van der Waals surface area contributed by atoms with Crippen LogP contribution in [0.2, 0.25) is 0 Å². The zero-order valence-corrected chi connectivity index (χ0v) is 7.58. The molecule has 0 amide bonds. The van der Waals surface area contributed by atoms with Crippen LogP contribution in [-0.4, -0.2) is 5.67 Å². The quantitative estimate of drug-likeness (QED) is 0.569. The molecule has 0 nitrogen and oxygen atoms in total. The molecule has 1 unspecified atom stereocenters. The lowest BCUT2D eigenvalue weighted by Crippen LogP contribution is -2.24. The molecule has 0 aromatic carbocycles. The molecule has 62 valence electrons. The van der Waals surface area contributed by atoms with Crippen LogP contribution in [0.4, 0.5) is 4.39 Å². The van der Waals surface area contributed by atoms with E-state index in [-0.39, 0.29) is 5.92 Å². The zero-order chi connectivity index (χ0) is 8.20. The summed E-state index contributed by atoms with van der Waals surface area (Å²) in [5.74, 6) is 0.248. The first-order valence-corrected chi connectivity index (χ1v) is 4.21. The number of alkyl halides is 1. The van der Waals surface area contributed by atoms with Crippen LogP contribution < -0.4 is 0 Å². The summed E-state index contributed by atoms with van der Waals surface area (Å²) < 4.78 is 13.2. The van der Waals surface area contributed by atoms with Crippen LogP contribution in [-0.2, 0) is 0 Å². The fourth-order valence-electron chi connectivity index (χ4n) is 1.38. The Bertz CT molecular complexity index is 81.2. The van der Waals surface area contributed by atoms with Crippen LogP contribution in [0.5, 0.6) is 0 Å². The van der Waals surface area contributed by atoms with E-state index in [4.69, 9.17) is 0 Å². The molecule has 10 heavy (non-hydrogen) atoms. The molecule has 1 heteroatoms. The molecule has 0 aromatic heterocycles. The molecule has 0 aliphatic rings. The highest BCUT2D eigenvalue weighted by atomic mass is 19.1. The minimum Gasteiger partial charge on any atom is -0.244 e. The maximum atomic E-state index is 13.2. The highest BCUT2D eigenvalue weighted by Crippen LogP contribution is 2.27. The van der Waals surface area contributed by atoms with Gasteiger partial charge in [-0.05, 0) is 26.2 Å². The molecule has 0 fully saturated rings. The van der Waals surface area contributed by atoms with E-state index in [0.29, 0.717) is 0 Å². The van der Waals surface area contributed by atoms with E-state index >= 15 is 0 Å². The second-order valence-electron chi connectivity index (χ2n) is 3.46. The van der Waals surface area contributed by atoms with Crippen LogP contribution in [0.25, 0.3) is 0 Å². The second-order valence-corrected chi connectivity index (χ2v) is 3.46. The first-order chi connectivity index (χ1) is 4.52. The third-order valence-electron chi connectivity index (χ3n) is 2.10. The van der Waals surface area contributed by atoms with E-state index in [1.54, 1.807) is 13.8 Å². The summed E-state index contributed by atoms with van der Waals surface area (Å²) in [5.41, 5.74) is -0.981. The Morgan fingerprint density at radius 3 is 1.90 bits per heavy atom. The topological polar surface area (TPSA) is 0 Å². The van der Waals surface area contributed by atoms with Crippen molar-refractivity contribution in [2.75, 3.05) is 0 Å². The van der Waals surface area contributed by atoms with Crippen molar-refractivity contribution in [2.45, 2.75) is 52.6 Å². The SMILES string of the molecule is CCCC(CC)C(C)(C)F. The van der Waals surface area contributed by atoms with E-state index in [1.807, 2.05) is 0 Å². The molecule has 1 atom stereocenters. The number of hydrogen-bond acceptors (Lipinski definition) is 0. The lowest BCUT2D eigenvalue weighted by Gasteiger charge is -2.25. The summed E-state index contributed by atoms with van der Waals surface area (Å²) in [6, 6.07) is 0. The van der Waals surface area contributed by atoms with Gasteiger partial charge in [0, 0.05) is 0 Å². The van der Waals surface area contributed by atoms with Crippen molar-refractivity contribution in [2.24, 2.45) is 5.92 Å². The van der Waals surface area contributed by atoms with Gasteiger partial charge in [-0.25, -0.2) is 4.39 Å². The van der Waals surface area contributed by atoms with Gasteiger partial charge in [0.2, 0.25) is 0 Å². The third-order valence-corrected chi connectivity index (χ3v) is 2.10. The molecule has 0 bridgehead atoms. The maximum absolute atomic E-state index is 13.2. The predicted octanol–water partition coefficient (Wildman–Crippen LogP) is 3.56. The van der Waals surface area contributed by atoms with E-state index < -0.39 is 5.67 Å². The van der Waals surface area contributed by atoms with Crippen molar-refractivity contribution >= 4 is 0 Å². The molecule has 0 aromatic rings. The molecule has 0 N–H and O–H groups in total. The molecule has 0 radical (unpaired) electrons. The molecule has 0 spiro atoms. The molecular formula is C9H19F. The minimum atomic E-state index is -0.981. The molecule has 0 saturated heterocycles. The lowest BCUT2D eigenvalue weighted by molar-refractivity contribution is 0.113. The average molecular weight is 146 g/mol. The van der Waals surface area contributed by atoms with Crippen LogP contribution >= 0.6 is 0 Å². The first-order valence-electron chi connectivity index (χ1n) is 4.21. The van der Waals surface area contributed by atoms with Gasteiger partial charge in [-0.1, -0.05) is 26.7 Å². The summed E-state index contributed by atoms with van der Waals surface area (Å²) in [5, 5.41) is 0. The van der Waals surface area contributed by atoms with E-state index in [1.165, 1.54) is 0 Å². The predicted molar refractivity (Wildman–Crippen MR) is 43.9 cm³/mol. The van der Waals surface area contributed by atoms with Crippen LogP contribution in [0.1, 0.15) is 47.0 Å². The van der Waals surface area contributed by atoms with Gasteiger partial charge in [-0.3, -0.25) is 0 Å². The fraction of sp³-hybridized carbons (Fsp3) is 1.00. The van der Waals surface area contributed by atoms with Gasteiger partial charge in [-0.2, -0.15) is 0 Å². The summed E-state index contributed by atoms with van der Waals surface area (Å²) >= 11 is 0. The molecule has 0 aliphatic heterocycles. The normalized spacial score (nSPS) is 15.3. The van der Waals surface area contributed by atoms with Gasteiger partial charge >= 0.3 is 0 Å². The van der Waals surface area contributed by atoms with Crippen molar-refractivity contribution < 1.29 is 4.39 Å². The third kappa shape index (κ3) is 3.19. The Hall–Kier alpha value is -0.0700. The average Bonchev–Trinajstić information content (AvgIpc) is 1.80. The molecule has 0 rings (SSSR count). The second kappa shape index (κ2) is 3.95. The molecule has 0 aliphatic carbocycles. The first kappa shape index (κ1) is 9.93. The summed E-state index contributed by atoms with van der Waals surface area (Å²) in [4.78, 5) is 0. The fourth-order valence-corrected chi connectivity index (χ4v) is 1.38. The van der Waals surface area contributed by atoms with Crippen molar-refractivity contribution in [1.82, 2.24) is 0 Å². The summed E-state index contributed by atoms with van der Waals surface area (Å²) in [6.45, 7) is 7.52. The Kier molecular flexibility index (Phi) is 3.92. The Morgan fingerprint density at radius 2 is 1.80 bits per heavy atom. The Balaban J connectivity index is 3.81. The molecule has 0 saturated carbocycles. The largest absolute Gasteiger partial charge is 0.244 e. The Morgan fingerprint density at radius 1 is 1.30 bits per heavy atom. The zero-order valence-electron chi connectivity index (χ0n) is 7.58. The van der Waals surface area contributed by atoms with Gasteiger partial charge < -0.3 is 0 Å². The van der Waals surface area contributed by atoms with E-state index in [0.717, 1.165) is 19.3 Å². The van der Waals surface area contributed by atoms with E-state index in [2.05, 4.69) is 13.8 Å². The number of hydrogen-bond donors (Lipinski definition) is 0. The minimum absolute atomic E-state index is 0.248. The van der Waals surface area contributed by atoms with Crippen LogP contribution in [0, 0.1) is 5.92 Å². The molecule has 0 heterocycles. The smallest absolute Gasteiger partial charge is 0.108 e. The van der Waals surface area contributed by atoms with Crippen molar-refractivity contribution in [3.8, 4) is 0 Å². The van der Waals surface area contributed by atoms with Crippen molar-refractivity contribution in [3.63, 3.8) is 0 Å². The summed E-state index contributed by atoms with van der Waals surface area (Å²) in [6.07, 6.45) is 3.06. The van der Waals surface area contributed by atoms with Crippen molar-refractivity contribution in [3.05, 3.63) is 0 Å². The van der Waals surface area contributed by atoms with Crippen LogP contribution in [0.15, 0.2) is 0 Å². The Labute approximate surface area is 63.8 Å². The maximum Gasteiger partial charge on any atom is 0.108 e. The van der Waals surface area contributed by atoms with Gasteiger partial charge in [0.25, 0.3) is 0 Å². The molecular weight excluding hydrogens is 127 g/mol. The number of halogens is 1. The highest BCUT2D eigenvalue weighted by molar-refractivity contribution is 4.75. The monoisotopic (exact) mass is 146 g/mol. The highest BCUT2D eigenvalue weighted by Gasteiger charge is 2.25. The lowest BCUT2D eigenvalue weighted by atomic mass is 9.87. The standard InChI is InChI=1S/C9H19F/c1-5-7-8(6-2)9(3,4)10/h8H,5-7H2,1-4H3. The van der Waals surface area contributed by atoms with Gasteiger partial charge in [0.15, 0.2) is 0 Å². The summed E-state index contributed by atoms with van der Waals surface area (Å²) in [7, 11) is 0. The van der Waals surface area contributed by atoms with Crippen LogP contribution in [0.3, 0.4) is 0 Å². The van der Waals surface area contributed by atoms with Crippen molar-refractivity contribution in [1.29, 1.82) is 0 Å².